The normalized spacial score (nSPS) is 14.0. The number of fused-ring (bicyclic) bond motifs is 3. The van der Waals surface area contributed by atoms with Crippen molar-refractivity contribution in [1.29, 1.82) is 0 Å². The van der Waals surface area contributed by atoms with Crippen molar-refractivity contribution in [2.45, 2.75) is 10.0 Å². The predicted octanol–water partition coefficient (Wildman–Crippen LogP) is 0.981. The molecule has 0 aromatic heterocycles. The van der Waals surface area contributed by atoms with Gasteiger partial charge in [-0.1, -0.05) is 0 Å². The molecule has 0 heterocycles. The molecule has 0 unspecified atom stereocenters. The van der Waals surface area contributed by atoms with Crippen LogP contribution in [0.2, 0.25) is 0 Å². The van der Waals surface area contributed by atoms with Crippen molar-refractivity contribution >= 4 is 21.5 Å². The Bertz CT molecular complexity index is 1010. The number of hydrogen-bond acceptors (Lipinski definition) is 0. The van der Waals surface area contributed by atoms with Crippen LogP contribution in [-0.2, 0) is 23.2 Å². The second-order valence-electron chi connectivity index (χ2n) is 6.79. The van der Waals surface area contributed by atoms with Crippen LogP contribution in [0.25, 0.3) is 16.7 Å². The molecule has 3 aromatic rings. The Morgan fingerprint density at radius 1 is 0.750 bits per heavy atom. The molecule has 0 saturated carbocycles. The minimum atomic E-state index is -0.734. The standard InChI is InChI=1S/C13H9.C11H8Br.2ClH.Zr/c1-3-7-12-10(5-1)9-11-6-2-4-8-13(11)12;12-11-7-5-10(6-8-11)9-3-1-2-4-9;;;/h1-9H;3-8H,1H2;2*1H;/q;;;;+2/p-2. The zero-order valence-electron chi connectivity index (χ0n) is 15.0. The van der Waals surface area contributed by atoms with Gasteiger partial charge in [-0.2, -0.15) is 0 Å². The fourth-order valence-electron chi connectivity index (χ4n) is 3.97. The summed E-state index contributed by atoms with van der Waals surface area (Å²) in [5.74, 6) is 0. The molecule has 2 aliphatic rings. The van der Waals surface area contributed by atoms with E-state index in [0.717, 1.165) is 10.9 Å². The molecule has 2 aliphatic carbocycles. The van der Waals surface area contributed by atoms with E-state index in [9.17, 15) is 0 Å². The summed E-state index contributed by atoms with van der Waals surface area (Å²) in [6, 6.07) is 26.7. The third-order valence-electron chi connectivity index (χ3n) is 5.21. The Balaban J connectivity index is 0.00000112. The maximum absolute atomic E-state index is 3.53. The third kappa shape index (κ3) is 4.03. The van der Waals surface area contributed by atoms with Gasteiger partial charge >= 0.3 is 175 Å². The van der Waals surface area contributed by atoms with Gasteiger partial charge in [-0.15, -0.1) is 0 Å². The van der Waals surface area contributed by atoms with Gasteiger partial charge in [0.2, 0.25) is 0 Å². The molecule has 0 nitrogen and oxygen atoms in total. The number of halogens is 3. The quantitative estimate of drug-likeness (QED) is 0.459. The number of benzene rings is 3. The molecular weight excluding hydrogens is 530 g/mol. The van der Waals surface area contributed by atoms with Gasteiger partial charge in [0.15, 0.2) is 0 Å². The molecule has 0 N–H and O–H groups in total. The van der Waals surface area contributed by atoms with Crippen molar-refractivity contribution < 1.29 is 48.0 Å². The molecular formula is C24H17BrCl2Zr. The van der Waals surface area contributed by atoms with Gasteiger partial charge in [-0.05, 0) is 0 Å². The maximum atomic E-state index is 3.53. The average molecular weight is 547 g/mol. The van der Waals surface area contributed by atoms with Gasteiger partial charge in [-0.25, -0.2) is 0 Å². The molecule has 28 heavy (non-hydrogen) atoms. The summed E-state index contributed by atoms with van der Waals surface area (Å²) >= 11 is 2.79. The molecule has 0 bridgehead atoms. The van der Waals surface area contributed by atoms with Gasteiger partial charge < -0.3 is 24.8 Å². The van der Waals surface area contributed by atoms with E-state index in [2.05, 4.69) is 101 Å². The van der Waals surface area contributed by atoms with Gasteiger partial charge in [0.25, 0.3) is 0 Å². The summed E-state index contributed by atoms with van der Waals surface area (Å²) in [6.45, 7) is 0. The van der Waals surface area contributed by atoms with E-state index in [1.165, 1.54) is 22.3 Å². The Morgan fingerprint density at radius 3 is 1.93 bits per heavy atom. The topological polar surface area (TPSA) is 0 Å². The average Bonchev–Trinajstić information content (AvgIpc) is 3.27. The van der Waals surface area contributed by atoms with Gasteiger partial charge in [0.05, 0.1) is 0 Å². The van der Waals surface area contributed by atoms with E-state index < -0.39 is 23.2 Å². The second kappa shape index (κ2) is 9.27. The Hall–Kier alpha value is -0.917. The molecule has 0 spiro atoms. The third-order valence-corrected chi connectivity index (χ3v) is 9.75. The number of hydrogen-bond donors (Lipinski definition) is 0. The van der Waals surface area contributed by atoms with Crippen molar-refractivity contribution in [3.05, 3.63) is 109 Å². The molecule has 0 radical (unpaired) electrons. The van der Waals surface area contributed by atoms with Gasteiger partial charge in [-0.3, -0.25) is 0 Å². The molecule has 3 aromatic carbocycles. The first-order valence-corrected chi connectivity index (χ1v) is 12.4. The van der Waals surface area contributed by atoms with E-state index in [0.29, 0.717) is 3.63 Å². The fraction of sp³-hybridized carbons (Fsp3) is 0.0833. The van der Waals surface area contributed by atoms with Crippen LogP contribution >= 0.6 is 15.9 Å². The Kier molecular flexibility index (Phi) is 7.21. The van der Waals surface area contributed by atoms with E-state index >= 15 is 0 Å². The number of rotatable bonds is 3. The zero-order chi connectivity index (χ0) is 17.5. The van der Waals surface area contributed by atoms with Crippen LogP contribution in [0.15, 0.2) is 92.7 Å². The van der Waals surface area contributed by atoms with Gasteiger partial charge in [0.1, 0.15) is 0 Å². The van der Waals surface area contributed by atoms with E-state index in [1.807, 2.05) is 0 Å². The molecule has 5 rings (SSSR count). The minimum Gasteiger partial charge on any atom is -1.00 e. The van der Waals surface area contributed by atoms with Crippen LogP contribution in [0.3, 0.4) is 0 Å². The van der Waals surface area contributed by atoms with Crippen molar-refractivity contribution in [2.24, 2.45) is 0 Å². The van der Waals surface area contributed by atoms with Crippen LogP contribution in [0.5, 0.6) is 0 Å². The summed E-state index contributed by atoms with van der Waals surface area (Å²) in [5.41, 5.74) is 8.74. The molecule has 0 fully saturated rings. The molecule has 0 atom stereocenters. The predicted molar refractivity (Wildman–Crippen MR) is 109 cm³/mol. The first kappa shape index (κ1) is 21.8. The maximum Gasteiger partial charge on any atom is -1.00 e. The molecule has 4 heteroatoms. The van der Waals surface area contributed by atoms with Crippen LogP contribution in [-0.4, -0.2) is 0 Å². The first-order chi connectivity index (χ1) is 12.8. The van der Waals surface area contributed by atoms with E-state index in [4.69, 9.17) is 0 Å². The molecule has 0 saturated heterocycles. The van der Waals surface area contributed by atoms with E-state index in [1.54, 1.807) is 14.4 Å². The zero-order valence-corrected chi connectivity index (χ0v) is 20.6. The van der Waals surface area contributed by atoms with Crippen LogP contribution < -0.4 is 24.8 Å². The monoisotopic (exact) mass is 544 g/mol. The molecule has 138 valence electrons. The minimum absolute atomic E-state index is 0. The van der Waals surface area contributed by atoms with Crippen LogP contribution in [0.1, 0.15) is 26.7 Å². The summed E-state index contributed by atoms with van der Waals surface area (Å²) in [5, 5.41) is 0. The Labute approximate surface area is 198 Å². The largest absolute Gasteiger partial charge is 1.00 e. The summed E-state index contributed by atoms with van der Waals surface area (Å²) < 4.78 is 3.48. The number of allylic oxidation sites excluding steroid dienone is 4. The smallest absolute Gasteiger partial charge is 1.00 e. The summed E-state index contributed by atoms with van der Waals surface area (Å²) in [6.07, 6.45) is 6.02. The van der Waals surface area contributed by atoms with Crippen molar-refractivity contribution in [3.63, 3.8) is 0 Å². The summed E-state index contributed by atoms with van der Waals surface area (Å²) in [4.78, 5) is 0. The van der Waals surface area contributed by atoms with Crippen LogP contribution in [0.4, 0.5) is 0 Å². The Morgan fingerprint density at radius 2 is 1.32 bits per heavy atom. The van der Waals surface area contributed by atoms with Gasteiger partial charge in [0, 0.05) is 0 Å². The van der Waals surface area contributed by atoms with E-state index in [-0.39, 0.29) is 24.8 Å². The molecule has 0 amide bonds. The van der Waals surface area contributed by atoms with Crippen molar-refractivity contribution in [2.75, 3.05) is 0 Å². The first-order valence-electron chi connectivity index (χ1n) is 8.91. The SMILES string of the molecule is Brc1ccc(C2=CC[C]([Zr+2][CH]3c4ccccc4-c4ccccc43)=C2)cc1.[Cl-].[Cl-]. The fourth-order valence-corrected chi connectivity index (χ4v) is 8.27. The van der Waals surface area contributed by atoms with Crippen LogP contribution in [0, 0.1) is 0 Å². The molecule has 0 aliphatic heterocycles. The van der Waals surface area contributed by atoms with Crippen molar-refractivity contribution in [3.8, 4) is 11.1 Å². The summed E-state index contributed by atoms with van der Waals surface area (Å²) in [7, 11) is 0. The van der Waals surface area contributed by atoms with Crippen molar-refractivity contribution in [1.82, 2.24) is 0 Å². The second-order valence-corrected chi connectivity index (χ2v) is 11.4.